The van der Waals surface area contributed by atoms with Crippen molar-refractivity contribution in [1.29, 1.82) is 0 Å². The van der Waals surface area contributed by atoms with Crippen LogP contribution in [-0.4, -0.2) is 40.1 Å². The molecule has 0 aliphatic carbocycles. The molecule has 2 amide bonds. The number of para-hydroxylation sites is 1. The molecule has 0 unspecified atom stereocenters. The predicted molar refractivity (Wildman–Crippen MR) is 130 cm³/mol. The highest BCUT2D eigenvalue weighted by Gasteiger charge is 2.21. The average molecular weight is 467 g/mol. The molecule has 0 aliphatic heterocycles. The van der Waals surface area contributed by atoms with Crippen molar-refractivity contribution in [3.8, 4) is 5.69 Å². The topological polar surface area (TPSA) is 67.2 Å². The van der Waals surface area contributed by atoms with Crippen LogP contribution in [0.5, 0.6) is 0 Å². The monoisotopic (exact) mass is 466 g/mol. The summed E-state index contributed by atoms with van der Waals surface area (Å²) in [4.78, 5) is 28.4. The van der Waals surface area contributed by atoms with Gasteiger partial charge in [0.25, 0.3) is 5.91 Å². The van der Waals surface area contributed by atoms with Crippen LogP contribution in [0.4, 0.5) is 5.69 Å². The number of aromatic nitrogens is 2. The van der Waals surface area contributed by atoms with Gasteiger partial charge in [0.1, 0.15) is 4.83 Å². The summed E-state index contributed by atoms with van der Waals surface area (Å²) in [6.07, 6.45) is 0.815. The van der Waals surface area contributed by atoms with E-state index in [2.05, 4.69) is 10.4 Å². The lowest BCUT2D eigenvalue weighted by Gasteiger charge is -2.17. The van der Waals surface area contributed by atoms with Crippen LogP contribution in [0.15, 0.2) is 54.6 Å². The Morgan fingerprint density at radius 3 is 2.69 bits per heavy atom. The number of nitrogens with zero attached hydrogens (tertiary/aromatic N) is 3. The van der Waals surface area contributed by atoms with Crippen molar-refractivity contribution in [2.75, 3.05) is 18.9 Å². The highest BCUT2D eigenvalue weighted by atomic mass is 35.5. The van der Waals surface area contributed by atoms with Crippen LogP contribution in [0.1, 0.15) is 27.9 Å². The Bertz CT molecular complexity index is 1310. The van der Waals surface area contributed by atoms with Gasteiger partial charge in [-0.2, -0.15) is 5.10 Å². The Morgan fingerprint density at radius 1 is 1.16 bits per heavy atom. The highest BCUT2D eigenvalue weighted by molar-refractivity contribution is 7.20. The first-order valence-electron chi connectivity index (χ1n) is 10.3. The van der Waals surface area contributed by atoms with E-state index in [-0.39, 0.29) is 18.4 Å². The molecule has 164 valence electrons. The van der Waals surface area contributed by atoms with E-state index in [0.29, 0.717) is 9.90 Å². The summed E-state index contributed by atoms with van der Waals surface area (Å²) in [5.74, 6) is -0.439. The first-order chi connectivity index (χ1) is 15.4. The van der Waals surface area contributed by atoms with Crippen LogP contribution in [0, 0.1) is 6.92 Å². The predicted octanol–water partition coefficient (Wildman–Crippen LogP) is 5.32. The average Bonchev–Trinajstić information content (AvgIpc) is 3.34. The molecule has 1 N–H and O–H groups in total. The third kappa shape index (κ3) is 4.40. The second-order valence-electron chi connectivity index (χ2n) is 7.53. The van der Waals surface area contributed by atoms with Gasteiger partial charge in [-0.1, -0.05) is 42.8 Å². The van der Waals surface area contributed by atoms with Crippen LogP contribution >= 0.6 is 22.9 Å². The summed E-state index contributed by atoms with van der Waals surface area (Å²) >= 11 is 7.49. The first-order valence-corrected chi connectivity index (χ1v) is 11.4. The van der Waals surface area contributed by atoms with Crippen LogP contribution < -0.4 is 5.32 Å². The molecular weight excluding hydrogens is 444 g/mol. The lowest BCUT2D eigenvalue weighted by Crippen LogP contribution is -2.34. The molecule has 4 rings (SSSR count). The molecule has 0 fully saturated rings. The van der Waals surface area contributed by atoms with E-state index in [1.807, 2.05) is 62.4 Å². The third-order valence-corrected chi connectivity index (χ3v) is 6.54. The minimum Gasteiger partial charge on any atom is -0.332 e. The Balaban J connectivity index is 1.53. The summed E-state index contributed by atoms with van der Waals surface area (Å²) < 4.78 is 1.80. The molecule has 32 heavy (non-hydrogen) atoms. The molecule has 2 aromatic heterocycles. The maximum absolute atomic E-state index is 13.0. The smallest absolute Gasteiger partial charge is 0.264 e. The van der Waals surface area contributed by atoms with Gasteiger partial charge in [-0.25, -0.2) is 4.68 Å². The number of rotatable bonds is 6. The molecule has 8 heteroatoms. The molecule has 0 aliphatic rings. The van der Waals surface area contributed by atoms with Gasteiger partial charge in [-0.05, 0) is 49.2 Å². The Morgan fingerprint density at radius 2 is 1.94 bits per heavy atom. The Hall–Kier alpha value is -3.16. The van der Waals surface area contributed by atoms with E-state index in [9.17, 15) is 9.59 Å². The normalized spacial score (nSPS) is 11.0. The summed E-state index contributed by atoms with van der Waals surface area (Å²) in [5, 5.41) is 9.03. The minimum atomic E-state index is -0.232. The fraction of sp³-hybridized carbons (Fsp3) is 0.208. The number of aryl methyl sites for hydroxylation is 2. The Kier molecular flexibility index (Phi) is 6.30. The molecule has 2 aromatic carbocycles. The summed E-state index contributed by atoms with van der Waals surface area (Å²) in [6, 6.07) is 16.9. The fourth-order valence-electron chi connectivity index (χ4n) is 3.55. The van der Waals surface area contributed by atoms with E-state index in [1.54, 1.807) is 17.8 Å². The van der Waals surface area contributed by atoms with Gasteiger partial charge in [0.05, 0.1) is 22.8 Å². The fourth-order valence-corrected chi connectivity index (χ4v) is 4.91. The molecular formula is C24H23ClN4O2S. The largest absolute Gasteiger partial charge is 0.332 e. The standard InChI is InChI=1S/C24H23ClN4O2S/c1-4-16-8-5-6-11-20(16)26-22(30)14-28(3)23(31)21-13-19-15(2)27-29(24(19)32-21)18-10-7-9-17(25)12-18/h5-13H,4,14H2,1-3H3,(H,26,30). The maximum atomic E-state index is 13.0. The van der Waals surface area contributed by atoms with Crippen LogP contribution in [-0.2, 0) is 11.2 Å². The van der Waals surface area contributed by atoms with Gasteiger partial charge in [0, 0.05) is 23.1 Å². The molecule has 2 heterocycles. The number of halogens is 1. The van der Waals surface area contributed by atoms with Crippen LogP contribution in [0.25, 0.3) is 15.9 Å². The summed E-state index contributed by atoms with van der Waals surface area (Å²) in [6.45, 7) is 3.91. The Labute approximate surface area is 195 Å². The number of carbonyl (C=O) groups is 2. The van der Waals surface area contributed by atoms with Gasteiger partial charge >= 0.3 is 0 Å². The van der Waals surface area contributed by atoms with Crippen molar-refractivity contribution >= 4 is 50.7 Å². The number of hydrogen-bond acceptors (Lipinski definition) is 4. The van der Waals surface area contributed by atoms with Crippen molar-refractivity contribution < 1.29 is 9.59 Å². The number of carbonyl (C=O) groups excluding carboxylic acids is 2. The zero-order valence-corrected chi connectivity index (χ0v) is 19.6. The first kappa shape index (κ1) is 22.0. The molecule has 6 nitrogen and oxygen atoms in total. The third-order valence-electron chi connectivity index (χ3n) is 5.21. The molecule has 0 saturated heterocycles. The van der Waals surface area contributed by atoms with Crippen LogP contribution in [0.3, 0.4) is 0 Å². The van der Waals surface area contributed by atoms with Crippen molar-refractivity contribution in [2.24, 2.45) is 0 Å². The lowest BCUT2D eigenvalue weighted by molar-refractivity contribution is -0.116. The zero-order valence-electron chi connectivity index (χ0n) is 18.1. The van der Waals surface area contributed by atoms with Crippen LogP contribution in [0.2, 0.25) is 5.02 Å². The number of hydrogen-bond donors (Lipinski definition) is 1. The van der Waals surface area contributed by atoms with E-state index < -0.39 is 0 Å². The molecule has 0 radical (unpaired) electrons. The number of fused-ring (bicyclic) bond motifs is 1. The van der Waals surface area contributed by atoms with Crippen molar-refractivity contribution in [2.45, 2.75) is 20.3 Å². The summed E-state index contributed by atoms with van der Waals surface area (Å²) in [5.41, 5.74) is 3.49. The second kappa shape index (κ2) is 9.14. The molecule has 0 saturated carbocycles. The molecule has 0 spiro atoms. The van der Waals surface area contributed by atoms with E-state index >= 15 is 0 Å². The van der Waals surface area contributed by atoms with E-state index in [0.717, 1.165) is 39.3 Å². The lowest BCUT2D eigenvalue weighted by atomic mass is 10.1. The quantitative estimate of drug-likeness (QED) is 0.418. The van der Waals surface area contributed by atoms with Gasteiger partial charge < -0.3 is 10.2 Å². The van der Waals surface area contributed by atoms with Crippen molar-refractivity contribution in [1.82, 2.24) is 14.7 Å². The second-order valence-corrected chi connectivity index (χ2v) is 8.99. The van der Waals surface area contributed by atoms with Crippen molar-refractivity contribution in [3.05, 3.63) is 75.8 Å². The maximum Gasteiger partial charge on any atom is 0.264 e. The number of benzene rings is 2. The van der Waals surface area contributed by atoms with Gasteiger partial charge in [-0.15, -0.1) is 11.3 Å². The minimum absolute atomic E-state index is 0.0372. The number of amides is 2. The van der Waals surface area contributed by atoms with Gasteiger partial charge in [-0.3, -0.25) is 9.59 Å². The van der Waals surface area contributed by atoms with E-state index in [1.165, 1.54) is 16.2 Å². The molecule has 4 aromatic rings. The van der Waals surface area contributed by atoms with Crippen molar-refractivity contribution in [3.63, 3.8) is 0 Å². The zero-order chi connectivity index (χ0) is 22.8. The summed E-state index contributed by atoms with van der Waals surface area (Å²) in [7, 11) is 1.63. The number of thiophene rings is 1. The number of anilines is 1. The van der Waals surface area contributed by atoms with Gasteiger partial charge in [0.15, 0.2) is 0 Å². The molecule has 0 bridgehead atoms. The van der Waals surface area contributed by atoms with Gasteiger partial charge in [0.2, 0.25) is 5.91 Å². The molecule has 0 atom stereocenters. The highest BCUT2D eigenvalue weighted by Crippen LogP contribution is 2.31. The number of likely N-dealkylation sites (N-methyl/N-ethyl adjacent to an activating group) is 1. The SMILES string of the molecule is CCc1ccccc1NC(=O)CN(C)C(=O)c1cc2c(C)nn(-c3cccc(Cl)c3)c2s1. The number of nitrogens with one attached hydrogen (secondary N) is 1. The van der Waals surface area contributed by atoms with E-state index in [4.69, 9.17) is 11.6 Å².